The summed E-state index contributed by atoms with van der Waals surface area (Å²) in [6.07, 6.45) is 1.09. The van der Waals surface area contributed by atoms with Crippen LogP contribution in [0.5, 0.6) is 0 Å². The van der Waals surface area contributed by atoms with Gasteiger partial charge in [0.1, 0.15) is 11.6 Å². The molecule has 1 heterocycles. The molecule has 3 rings (SSSR count). The second kappa shape index (κ2) is 9.75. The molecule has 1 aliphatic rings. The third kappa shape index (κ3) is 5.49. The molecule has 0 bridgehead atoms. The van der Waals surface area contributed by atoms with E-state index >= 15 is 0 Å². The minimum absolute atomic E-state index is 0.103. The van der Waals surface area contributed by atoms with Crippen LogP contribution >= 0.6 is 0 Å². The molecule has 7 heteroatoms. The highest BCUT2D eigenvalue weighted by Crippen LogP contribution is 2.22. The Bertz CT molecular complexity index is 917. The van der Waals surface area contributed by atoms with Gasteiger partial charge in [0.25, 0.3) is 11.8 Å². The zero-order valence-electron chi connectivity index (χ0n) is 18.3. The van der Waals surface area contributed by atoms with E-state index in [1.165, 1.54) is 0 Å². The number of carbonyl (C=O) groups excluding carboxylic acids is 3. The average Bonchev–Trinajstić information content (AvgIpc) is 2.97. The molecule has 0 aromatic heterocycles. The van der Waals surface area contributed by atoms with E-state index in [4.69, 9.17) is 0 Å². The number of quaternary nitrogens is 1. The molecule has 4 N–H and O–H groups in total. The van der Waals surface area contributed by atoms with Crippen LogP contribution < -0.4 is 16.1 Å². The van der Waals surface area contributed by atoms with Gasteiger partial charge in [-0.3, -0.25) is 15.0 Å². The van der Waals surface area contributed by atoms with Gasteiger partial charge in [0.15, 0.2) is 6.54 Å². The number of carbonyl (C=O) groups is 3. The average molecular weight is 424 g/mol. The number of benzene rings is 2. The number of nitrogens with zero attached hydrogens (tertiary/aromatic N) is 1. The zero-order chi connectivity index (χ0) is 22.4. The van der Waals surface area contributed by atoms with Crippen molar-refractivity contribution in [3.63, 3.8) is 0 Å². The zero-order valence-corrected chi connectivity index (χ0v) is 18.3. The maximum atomic E-state index is 12.9. The lowest BCUT2D eigenvalue weighted by molar-refractivity contribution is -0.692. The van der Waals surface area contributed by atoms with Crippen LogP contribution in [0.1, 0.15) is 44.4 Å². The van der Waals surface area contributed by atoms with Gasteiger partial charge in [-0.05, 0) is 25.3 Å². The van der Waals surface area contributed by atoms with Gasteiger partial charge < -0.3 is 10.6 Å². The molecule has 0 spiro atoms. The number of hydrazine groups is 1. The van der Waals surface area contributed by atoms with Crippen LogP contribution in [0.25, 0.3) is 0 Å². The van der Waals surface area contributed by atoms with Crippen molar-refractivity contribution in [1.82, 2.24) is 15.8 Å². The van der Waals surface area contributed by atoms with Gasteiger partial charge in [-0.15, -0.1) is 0 Å². The molecule has 4 amide bonds. The Balaban J connectivity index is 1.57. The van der Waals surface area contributed by atoms with E-state index < -0.39 is 23.4 Å². The fourth-order valence-electron chi connectivity index (χ4n) is 3.87. The quantitative estimate of drug-likeness (QED) is 0.538. The Morgan fingerprint density at radius 3 is 2.29 bits per heavy atom. The molecule has 0 unspecified atom stereocenters. The first-order chi connectivity index (χ1) is 14.8. The lowest BCUT2D eigenvalue weighted by Crippen LogP contribution is -2.88. The van der Waals surface area contributed by atoms with Crippen molar-refractivity contribution >= 4 is 17.8 Å². The van der Waals surface area contributed by atoms with Crippen LogP contribution in [-0.4, -0.2) is 34.9 Å². The SMILES string of the molecule is CC(C)[C@H]([NH2+]CC(=O)NN1C(=O)N[C@](C)(CCc2ccccc2)C1=O)c1ccccc1. The second-order valence-electron chi connectivity index (χ2n) is 8.54. The van der Waals surface area contributed by atoms with Gasteiger partial charge >= 0.3 is 6.03 Å². The van der Waals surface area contributed by atoms with Gasteiger partial charge in [0.05, 0.1) is 0 Å². The van der Waals surface area contributed by atoms with Crippen LogP contribution in [0.15, 0.2) is 60.7 Å². The number of nitrogens with two attached hydrogens (primary N) is 1. The Morgan fingerprint density at radius 2 is 1.68 bits per heavy atom. The van der Waals surface area contributed by atoms with Gasteiger partial charge in [-0.1, -0.05) is 74.5 Å². The van der Waals surface area contributed by atoms with Crippen molar-refractivity contribution < 1.29 is 19.7 Å². The van der Waals surface area contributed by atoms with E-state index in [0.717, 1.165) is 16.1 Å². The largest absolute Gasteiger partial charge is 0.344 e. The first-order valence-electron chi connectivity index (χ1n) is 10.7. The molecule has 1 aliphatic heterocycles. The van der Waals surface area contributed by atoms with Crippen LogP contribution in [0.3, 0.4) is 0 Å². The summed E-state index contributed by atoms with van der Waals surface area (Å²) in [6.45, 7) is 6.00. The fraction of sp³-hybridized carbons (Fsp3) is 0.375. The van der Waals surface area contributed by atoms with Crippen molar-refractivity contribution in [2.24, 2.45) is 5.92 Å². The van der Waals surface area contributed by atoms with Gasteiger partial charge in [0.2, 0.25) is 0 Å². The molecule has 1 fully saturated rings. The normalized spacial score (nSPS) is 19.4. The highest BCUT2D eigenvalue weighted by molar-refractivity contribution is 6.07. The lowest BCUT2D eigenvalue weighted by atomic mass is 9.93. The molecule has 2 aromatic rings. The van der Waals surface area contributed by atoms with Crippen molar-refractivity contribution in [1.29, 1.82) is 0 Å². The maximum absolute atomic E-state index is 12.9. The number of amides is 4. The van der Waals surface area contributed by atoms with E-state index in [9.17, 15) is 14.4 Å². The molecule has 7 nitrogen and oxygen atoms in total. The molecular weight excluding hydrogens is 392 g/mol. The highest BCUT2D eigenvalue weighted by atomic mass is 16.2. The van der Waals surface area contributed by atoms with Crippen LogP contribution in [-0.2, 0) is 16.0 Å². The van der Waals surface area contributed by atoms with E-state index in [-0.39, 0.29) is 12.6 Å². The van der Waals surface area contributed by atoms with Crippen molar-refractivity contribution in [3.05, 3.63) is 71.8 Å². The number of nitrogens with one attached hydrogen (secondary N) is 2. The summed E-state index contributed by atoms with van der Waals surface area (Å²) in [5.74, 6) is -0.518. The highest BCUT2D eigenvalue weighted by Gasteiger charge is 2.48. The summed E-state index contributed by atoms with van der Waals surface area (Å²) in [5.41, 5.74) is 3.65. The number of imide groups is 1. The summed E-state index contributed by atoms with van der Waals surface area (Å²) in [5, 5.41) is 5.47. The Kier molecular flexibility index (Phi) is 7.07. The molecule has 0 saturated carbocycles. The molecule has 164 valence electrons. The second-order valence-corrected chi connectivity index (χ2v) is 8.54. The van der Waals surface area contributed by atoms with Crippen LogP contribution in [0.2, 0.25) is 0 Å². The Hall–Kier alpha value is -3.19. The number of hydrogen-bond acceptors (Lipinski definition) is 3. The summed E-state index contributed by atoms with van der Waals surface area (Å²) >= 11 is 0. The van der Waals surface area contributed by atoms with Gasteiger partial charge in [-0.25, -0.2) is 4.79 Å². The minimum atomic E-state index is -1.05. The smallest absolute Gasteiger partial charge is 0.332 e. The number of urea groups is 1. The minimum Gasteiger partial charge on any atom is -0.332 e. The first-order valence-corrected chi connectivity index (χ1v) is 10.7. The van der Waals surface area contributed by atoms with Gasteiger partial charge in [-0.2, -0.15) is 5.01 Å². The molecule has 2 atom stereocenters. The summed E-state index contributed by atoms with van der Waals surface area (Å²) in [4.78, 5) is 37.8. The number of aryl methyl sites for hydroxylation is 1. The van der Waals surface area contributed by atoms with E-state index in [1.54, 1.807) is 6.92 Å². The fourth-order valence-corrected chi connectivity index (χ4v) is 3.87. The number of hydrogen-bond donors (Lipinski definition) is 3. The predicted molar refractivity (Wildman–Crippen MR) is 118 cm³/mol. The summed E-state index contributed by atoms with van der Waals surface area (Å²) < 4.78 is 0. The predicted octanol–water partition coefficient (Wildman–Crippen LogP) is 1.92. The molecular formula is C24H31N4O3+. The van der Waals surface area contributed by atoms with Crippen LogP contribution in [0.4, 0.5) is 4.79 Å². The monoisotopic (exact) mass is 423 g/mol. The molecule has 0 radical (unpaired) electrons. The van der Waals surface area contributed by atoms with E-state index in [0.29, 0.717) is 18.8 Å². The number of rotatable bonds is 9. The van der Waals surface area contributed by atoms with Crippen LogP contribution in [0, 0.1) is 5.92 Å². The lowest BCUT2D eigenvalue weighted by Gasteiger charge is -2.22. The maximum Gasteiger partial charge on any atom is 0.344 e. The topological polar surface area (TPSA) is 95.1 Å². The molecule has 1 saturated heterocycles. The molecule has 2 aromatic carbocycles. The standard InChI is InChI=1S/C24H30N4O3/c1-17(2)21(19-12-8-5-9-13-19)25-16-20(29)27-28-22(30)24(3,26-23(28)31)15-14-18-10-6-4-7-11-18/h4-13,17,21,25H,14-16H2,1-3H3,(H,26,31)(H,27,29)/p+1/t21-,24+/m0/s1. The third-order valence-electron chi connectivity index (χ3n) is 5.71. The Morgan fingerprint density at radius 1 is 1.06 bits per heavy atom. The Labute approximate surface area is 183 Å². The van der Waals surface area contributed by atoms with Gasteiger partial charge in [0, 0.05) is 11.5 Å². The van der Waals surface area contributed by atoms with Crippen molar-refractivity contribution in [3.8, 4) is 0 Å². The van der Waals surface area contributed by atoms with Crippen molar-refractivity contribution in [2.45, 2.75) is 45.2 Å². The molecule has 0 aliphatic carbocycles. The van der Waals surface area contributed by atoms with E-state index in [2.05, 4.69) is 24.6 Å². The summed E-state index contributed by atoms with van der Waals surface area (Å²) in [7, 11) is 0. The van der Waals surface area contributed by atoms with E-state index in [1.807, 2.05) is 66.0 Å². The third-order valence-corrected chi connectivity index (χ3v) is 5.71. The molecule has 31 heavy (non-hydrogen) atoms. The van der Waals surface area contributed by atoms with Crippen molar-refractivity contribution in [2.75, 3.05) is 6.54 Å². The summed E-state index contributed by atoms with van der Waals surface area (Å²) in [6, 6.07) is 19.3. The first kappa shape index (κ1) is 22.5.